The van der Waals surface area contributed by atoms with Crippen LogP contribution in [-0.2, 0) is 0 Å². The lowest BCUT2D eigenvalue weighted by Gasteiger charge is -2.21. The van der Waals surface area contributed by atoms with E-state index >= 15 is 0 Å². The molecule has 8 aromatic rings. The van der Waals surface area contributed by atoms with Gasteiger partial charge in [0.25, 0.3) is 0 Å². The van der Waals surface area contributed by atoms with E-state index < -0.39 is 0 Å². The molecule has 3 heterocycles. The van der Waals surface area contributed by atoms with Crippen LogP contribution in [0, 0.1) is 0 Å². The fourth-order valence-corrected chi connectivity index (χ4v) is 6.74. The first-order chi connectivity index (χ1) is 21.2. The van der Waals surface area contributed by atoms with Gasteiger partial charge in [-0.3, -0.25) is 9.36 Å². The van der Waals surface area contributed by atoms with E-state index in [1.54, 1.807) is 11.5 Å². The molecule has 0 aliphatic rings. The molecule has 3 aromatic heterocycles. The molecule has 0 atom stereocenters. The van der Waals surface area contributed by atoms with Gasteiger partial charge in [0.1, 0.15) is 0 Å². The van der Waals surface area contributed by atoms with Crippen molar-refractivity contribution in [3.8, 4) is 22.5 Å². The van der Waals surface area contributed by atoms with Gasteiger partial charge in [-0.1, -0.05) is 115 Å². The van der Waals surface area contributed by atoms with Gasteiger partial charge in [-0.05, 0) is 46.0 Å². The van der Waals surface area contributed by atoms with Gasteiger partial charge in [-0.2, -0.15) is 0 Å². The van der Waals surface area contributed by atoms with Crippen molar-refractivity contribution in [1.29, 1.82) is 0 Å². The Balaban J connectivity index is 1.57. The molecule has 206 valence electrons. The Labute approximate surface area is 249 Å². The number of nitrogens with zero attached hydrogens (tertiary/aromatic N) is 1. The van der Waals surface area contributed by atoms with Crippen molar-refractivity contribution >= 4 is 38.6 Å². The molecule has 0 amide bonds. The van der Waals surface area contributed by atoms with E-state index in [-0.39, 0.29) is 11.8 Å². The Morgan fingerprint density at radius 3 is 1.51 bits per heavy atom. The average Bonchev–Trinajstić information content (AvgIpc) is 3.75. The topological polar surface area (TPSA) is 53.6 Å². The molecule has 2 N–H and O–H groups in total. The van der Waals surface area contributed by atoms with E-state index in [0.29, 0.717) is 0 Å². The van der Waals surface area contributed by atoms with Gasteiger partial charge in [-0.25, -0.2) is 0 Å². The Bertz CT molecular complexity index is 2150. The summed E-state index contributed by atoms with van der Waals surface area (Å²) in [5.41, 5.74) is 10.9. The van der Waals surface area contributed by atoms with Crippen LogP contribution in [0.2, 0.25) is 0 Å². The van der Waals surface area contributed by atoms with Crippen LogP contribution >= 0.6 is 0 Å². The molecule has 0 fully saturated rings. The fourth-order valence-electron chi connectivity index (χ4n) is 6.74. The van der Waals surface area contributed by atoms with Crippen LogP contribution in [0.3, 0.4) is 0 Å². The molecular formula is C39H29N3O. The van der Waals surface area contributed by atoms with Gasteiger partial charge >= 0.3 is 0 Å². The van der Waals surface area contributed by atoms with Crippen LogP contribution in [0.1, 0.15) is 34.3 Å². The van der Waals surface area contributed by atoms with Crippen LogP contribution in [0.5, 0.6) is 0 Å². The number of aromatic amines is 2. The van der Waals surface area contributed by atoms with Crippen molar-refractivity contribution in [2.24, 2.45) is 0 Å². The second-order valence-electron chi connectivity index (χ2n) is 11.1. The lowest BCUT2D eigenvalue weighted by Crippen LogP contribution is -2.07. The zero-order chi connectivity index (χ0) is 28.9. The largest absolute Gasteiger partial charge is 0.354 e. The zero-order valence-corrected chi connectivity index (χ0v) is 23.7. The standard InChI is InChI=1S/C39H29N3O/c1-25(43)42-24-31(28-18-10-13-23-34(28)42)35(36-29-19-8-11-21-32(29)40-38(36)26-14-4-2-5-15-26)37-30-20-9-12-22-33(30)41-39(37)27-16-6-3-7-17-27/h2-24,35,40-41H,1H3. The molecule has 5 aromatic carbocycles. The summed E-state index contributed by atoms with van der Waals surface area (Å²) in [7, 11) is 0. The number of para-hydroxylation sites is 3. The van der Waals surface area contributed by atoms with Crippen LogP contribution < -0.4 is 0 Å². The molecule has 0 unspecified atom stereocenters. The first-order valence-electron chi connectivity index (χ1n) is 14.6. The minimum Gasteiger partial charge on any atom is -0.354 e. The monoisotopic (exact) mass is 555 g/mol. The minimum atomic E-state index is -0.205. The highest BCUT2D eigenvalue weighted by Crippen LogP contribution is 2.49. The Morgan fingerprint density at radius 1 is 0.558 bits per heavy atom. The quantitative estimate of drug-likeness (QED) is 0.218. The first kappa shape index (κ1) is 25.1. The molecule has 0 aliphatic heterocycles. The van der Waals surface area contributed by atoms with Gasteiger partial charge in [0, 0.05) is 46.2 Å². The summed E-state index contributed by atoms with van der Waals surface area (Å²) in [6, 6.07) is 46.4. The van der Waals surface area contributed by atoms with Gasteiger partial charge in [0.15, 0.2) is 0 Å². The molecule has 0 spiro atoms. The average molecular weight is 556 g/mol. The zero-order valence-electron chi connectivity index (χ0n) is 23.7. The number of rotatable bonds is 5. The number of hydrogen-bond acceptors (Lipinski definition) is 1. The molecule has 0 saturated carbocycles. The molecule has 8 rings (SSSR count). The molecule has 0 saturated heterocycles. The van der Waals surface area contributed by atoms with Crippen LogP contribution in [-0.4, -0.2) is 20.4 Å². The number of fused-ring (bicyclic) bond motifs is 3. The maximum Gasteiger partial charge on any atom is 0.227 e. The van der Waals surface area contributed by atoms with E-state index in [2.05, 4.69) is 137 Å². The molecular weight excluding hydrogens is 526 g/mol. The number of nitrogens with one attached hydrogen (secondary N) is 2. The number of carbonyl (C=O) groups excluding carboxylic acids is 1. The predicted octanol–water partition coefficient (Wildman–Crippen LogP) is 9.78. The third-order valence-electron chi connectivity index (χ3n) is 8.59. The van der Waals surface area contributed by atoms with Crippen LogP contribution in [0.4, 0.5) is 0 Å². The highest BCUT2D eigenvalue weighted by molar-refractivity contribution is 6.01. The number of carbonyl (C=O) groups is 1. The molecule has 0 aliphatic carbocycles. The number of benzene rings is 5. The van der Waals surface area contributed by atoms with Gasteiger partial charge < -0.3 is 9.97 Å². The third kappa shape index (κ3) is 4.03. The predicted molar refractivity (Wildman–Crippen MR) is 177 cm³/mol. The maximum absolute atomic E-state index is 13.0. The lowest BCUT2D eigenvalue weighted by atomic mass is 9.80. The smallest absolute Gasteiger partial charge is 0.227 e. The highest BCUT2D eigenvalue weighted by atomic mass is 16.1. The lowest BCUT2D eigenvalue weighted by molar-refractivity contribution is 0.0941. The number of H-pyrrole nitrogens is 2. The molecule has 0 bridgehead atoms. The number of hydrogen-bond donors (Lipinski definition) is 2. The second kappa shape index (κ2) is 10.0. The van der Waals surface area contributed by atoms with Crippen LogP contribution in [0.15, 0.2) is 140 Å². The Hall–Kier alpha value is -5.61. The molecule has 43 heavy (non-hydrogen) atoms. The summed E-state index contributed by atoms with van der Waals surface area (Å²) in [6.07, 6.45) is 2.06. The van der Waals surface area contributed by atoms with E-state index in [1.807, 2.05) is 12.1 Å². The van der Waals surface area contributed by atoms with E-state index in [0.717, 1.165) is 60.8 Å². The van der Waals surface area contributed by atoms with Crippen molar-refractivity contribution in [3.05, 3.63) is 156 Å². The van der Waals surface area contributed by atoms with Gasteiger partial charge in [-0.15, -0.1) is 0 Å². The summed E-state index contributed by atoms with van der Waals surface area (Å²) >= 11 is 0. The number of aromatic nitrogens is 3. The highest BCUT2D eigenvalue weighted by Gasteiger charge is 2.32. The summed E-state index contributed by atoms with van der Waals surface area (Å²) in [6.45, 7) is 1.63. The van der Waals surface area contributed by atoms with Crippen molar-refractivity contribution in [1.82, 2.24) is 14.5 Å². The van der Waals surface area contributed by atoms with Gasteiger partial charge in [0.05, 0.1) is 16.9 Å². The maximum atomic E-state index is 13.0. The molecule has 4 nitrogen and oxygen atoms in total. The summed E-state index contributed by atoms with van der Waals surface area (Å²) in [4.78, 5) is 20.6. The van der Waals surface area contributed by atoms with Crippen molar-refractivity contribution in [2.45, 2.75) is 12.8 Å². The summed E-state index contributed by atoms with van der Waals surface area (Å²) in [5, 5.41) is 3.39. The van der Waals surface area contributed by atoms with Gasteiger partial charge in [0.2, 0.25) is 5.91 Å². The Morgan fingerprint density at radius 2 is 1.00 bits per heavy atom. The second-order valence-corrected chi connectivity index (χ2v) is 11.1. The minimum absolute atomic E-state index is 0.00869. The van der Waals surface area contributed by atoms with Crippen molar-refractivity contribution < 1.29 is 4.79 Å². The third-order valence-corrected chi connectivity index (χ3v) is 8.59. The normalized spacial score (nSPS) is 11.7. The SMILES string of the molecule is CC(=O)n1cc(C(c2c(-c3ccccc3)[nH]c3ccccc23)c2c(-c3ccccc3)[nH]c3ccccc23)c2ccccc21. The molecule has 0 radical (unpaired) electrons. The van der Waals surface area contributed by atoms with E-state index in [4.69, 9.17) is 0 Å². The molecule has 4 heteroatoms. The van der Waals surface area contributed by atoms with E-state index in [9.17, 15) is 4.79 Å². The summed E-state index contributed by atoms with van der Waals surface area (Å²) in [5.74, 6) is -0.214. The van der Waals surface area contributed by atoms with Crippen molar-refractivity contribution in [3.63, 3.8) is 0 Å². The first-order valence-corrected chi connectivity index (χ1v) is 14.6. The van der Waals surface area contributed by atoms with Crippen molar-refractivity contribution in [2.75, 3.05) is 0 Å². The van der Waals surface area contributed by atoms with E-state index in [1.165, 1.54) is 11.1 Å². The fraction of sp³-hybridized carbons (Fsp3) is 0.0513. The Kier molecular flexibility index (Phi) is 5.86. The summed E-state index contributed by atoms with van der Waals surface area (Å²) < 4.78 is 1.80. The van der Waals surface area contributed by atoms with Crippen LogP contribution in [0.25, 0.3) is 55.2 Å².